The Kier molecular flexibility index (Phi) is 4.34. The van der Waals surface area contributed by atoms with Crippen molar-refractivity contribution in [3.63, 3.8) is 0 Å². The van der Waals surface area contributed by atoms with Gasteiger partial charge in [-0.1, -0.05) is 0 Å². The monoisotopic (exact) mass is 293 g/mol. The Morgan fingerprint density at radius 3 is 2.55 bits per heavy atom. The van der Waals surface area contributed by atoms with Gasteiger partial charge in [-0.2, -0.15) is 15.0 Å². The lowest BCUT2D eigenvalue weighted by Gasteiger charge is -2.12. The predicted octanol–water partition coefficient (Wildman–Crippen LogP) is 2.44. The van der Waals surface area contributed by atoms with Crippen LogP contribution in [0.5, 0.6) is 5.75 Å². The molecular weight excluding hydrogens is 278 g/mol. The molecular formula is C13H16ClN5O. The quantitative estimate of drug-likeness (QED) is 0.863. The van der Waals surface area contributed by atoms with Crippen LogP contribution in [-0.2, 0) is 0 Å². The highest BCUT2D eigenvalue weighted by atomic mass is 35.5. The molecule has 0 amide bonds. The average molecular weight is 294 g/mol. The Bertz CT molecular complexity index is 603. The molecule has 7 heteroatoms. The zero-order valence-corrected chi connectivity index (χ0v) is 12.6. The maximum Gasteiger partial charge on any atom is 0.229 e. The van der Waals surface area contributed by atoms with Gasteiger partial charge in [-0.3, -0.25) is 4.98 Å². The highest BCUT2D eigenvalue weighted by Crippen LogP contribution is 2.22. The number of hydrogen-bond acceptors (Lipinski definition) is 6. The van der Waals surface area contributed by atoms with Gasteiger partial charge in [-0.15, -0.1) is 0 Å². The van der Waals surface area contributed by atoms with Gasteiger partial charge in [0.2, 0.25) is 11.2 Å². The van der Waals surface area contributed by atoms with Gasteiger partial charge in [-0.25, -0.2) is 0 Å². The third kappa shape index (κ3) is 3.54. The van der Waals surface area contributed by atoms with Gasteiger partial charge in [0.1, 0.15) is 5.75 Å². The minimum atomic E-state index is 0.0753. The van der Waals surface area contributed by atoms with Crippen LogP contribution >= 0.6 is 11.6 Å². The second kappa shape index (κ2) is 6.00. The van der Waals surface area contributed by atoms with Crippen LogP contribution in [0.2, 0.25) is 5.28 Å². The molecule has 2 aromatic heterocycles. The molecule has 106 valence electrons. The van der Waals surface area contributed by atoms with Gasteiger partial charge in [0.25, 0.3) is 0 Å². The summed E-state index contributed by atoms with van der Waals surface area (Å²) in [6.45, 7) is 3.91. The first kappa shape index (κ1) is 14.5. The summed E-state index contributed by atoms with van der Waals surface area (Å²) >= 11 is 5.93. The summed E-state index contributed by atoms with van der Waals surface area (Å²) in [4.78, 5) is 18.4. The topological polar surface area (TPSA) is 64.0 Å². The van der Waals surface area contributed by atoms with Crippen LogP contribution < -0.4 is 9.64 Å². The van der Waals surface area contributed by atoms with Crippen LogP contribution in [0.3, 0.4) is 0 Å². The number of nitrogens with zero attached hydrogens (tertiary/aromatic N) is 5. The molecule has 0 N–H and O–H groups in total. The third-order valence-corrected chi connectivity index (χ3v) is 2.51. The molecule has 6 nitrogen and oxygen atoms in total. The molecule has 0 fully saturated rings. The fraction of sp³-hybridized carbons (Fsp3) is 0.385. The summed E-state index contributed by atoms with van der Waals surface area (Å²) in [5, 5.41) is 0.147. The van der Waals surface area contributed by atoms with Gasteiger partial charge in [0, 0.05) is 25.9 Å². The zero-order chi connectivity index (χ0) is 14.7. The Morgan fingerprint density at radius 2 is 1.90 bits per heavy atom. The molecule has 0 unspecified atom stereocenters. The van der Waals surface area contributed by atoms with Gasteiger partial charge in [0.15, 0.2) is 5.82 Å². The van der Waals surface area contributed by atoms with E-state index in [-0.39, 0.29) is 11.4 Å². The molecule has 0 aliphatic heterocycles. The second-order valence-electron chi connectivity index (χ2n) is 4.70. The molecule has 0 radical (unpaired) electrons. The van der Waals surface area contributed by atoms with E-state index in [0.717, 1.165) is 5.56 Å². The fourth-order valence-electron chi connectivity index (χ4n) is 1.55. The van der Waals surface area contributed by atoms with E-state index in [1.54, 1.807) is 17.3 Å². The van der Waals surface area contributed by atoms with Crippen molar-refractivity contribution in [1.29, 1.82) is 0 Å². The van der Waals surface area contributed by atoms with Crippen LogP contribution in [0.15, 0.2) is 18.5 Å². The van der Waals surface area contributed by atoms with Crippen molar-refractivity contribution in [2.45, 2.75) is 20.0 Å². The van der Waals surface area contributed by atoms with Crippen molar-refractivity contribution in [3.8, 4) is 17.1 Å². The van der Waals surface area contributed by atoms with E-state index >= 15 is 0 Å². The summed E-state index contributed by atoms with van der Waals surface area (Å²) in [6, 6.07) is 1.83. The number of ether oxygens (including phenoxy) is 1. The molecule has 0 aliphatic rings. The van der Waals surface area contributed by atoms with Crippen molar-refractivity contribution in [3.05, 3.63) is 23.7 Å². The van der Waals surface area contributed by atoms with E-state index in [9.17, 15) is 0 Å². The molecule has 0 bridgehead atoms. The molecule has 2 rings (SSSR count). The smallest absolute Gasteiger partial charge is 0.229 e. The number of aromatic nitrogens is 4. The lowest BCUT2D eigenvalue weighted by Crippen LogP contribution is -2.14. The Balaban J connectivity index is 2.40. The lowest BCUT2D eigenvalue weighted by atomic mass is 10.2. The van der Waals surface area contributed by atoms with Gasteiger partial charge in [0.05, 0.1) is 12.3 Å². The van der Waals surface area contributed by atoms with Crippen molar-refractivity contribution in [2.24, 2.45) is 0 Å². The maximum atomic E-state index is 5.93. The summed E-state index contributed by atoms with van der Waals surface area (Å²) in [7, 11) is 3.68. The molecule has 0 saturated carbocycles. The number of pyridine rings is 1. The first-order valence-electron chi connectivity index (χ1n) is 6.16. The van der Waals surface area contributed by atoms with E-state index in [4.69, 9.17) is 16.3 Å². The SMILES string of the molecule is CC(C)Oc1cncc(-c2nc(Cl)nc(N(C)C)n2)c1. The van der Waals surface area contributed by atoms with Gasteiger partial charge >= 0.3 is 0 Å². The van der Waals surface area contributed by atoms with Crippen molar-refractivity contribution in [1.82, 2.24) is 19.9 Å². The summed E-state index contributed by atoms with van der Waals surface area (Å²) < 4.78 is 5.61. The zero-order valence-electron chi connectivity index (χ0n) is 11.8. The summed E-state index contributed by atoms with van der Waals surface area (Å²) in [5.41, 5.74) is 0.732. The largest absolute Gasteiger partial charge is 0.489 e. The van der Waals surface area contributed by atoms with E-state index in [1.807, 2.05) is 34.0 Å². The van der Waals surface area contributed by atoms with E-state index in [1.165, 1.54) is 0 Å². The van der Waals surface area contributed by atoms with Crippen LogP contribution in [0.25, 0.3) is 11.4 Å². The minimum absolute atomic E-state index is 0.0753. The maximum absolute atomic E-state index is 5.93. The number of anilines is 1. The van der Waals surface area contributed by atoms with E-state index in [0.29, 0.717) is 17.5 Å². The number of hydrogen-bond donors (Lipinski definition) is 0. The Morgan fingerprint density at radius 1 is 1.15 bits per heavy atom. The molecule has 0 atom stereocenters. The highest BCUT2D eigenvalue weighted by Gasteiger charge is 2.10. The van der Waals surface area contributed by atoms with Gasteiger partial charge in [-0.05, 0) is 31.5 Å². The van der Waals surface area contributed by atoms with Gasteiger partial charge < -0.3 is 9.64 Å². The normalized spacial score (nSPS) is 10.7. The lowest BCUT2D eigenvalue weighted by molar-refractivity contribution is 0.241. The minimum Gasteiger partial charge on any atom is -0.489 e. The van der Waals surface area contributed by atoms with Crippen molar-refractivity contribution in [2.75, 3.05) is 19.0 Å². The van der Waals surface area contributed by atoms with Crippen molar-refractivity contribution < 1.29 is 4.74 Å². The Hall–Kier alpha value is -1.95. The van der Waals surface area contributed by atoms with E-state index in [2.05, 4.69) is 19.9 Å². The Labute approximate surface area is 122 Å². The van der Waals surface area contributed by atoms with Crippen molar-refractivity contribution >= 4 is 17.5 Å². The van der Waals surface area contributed by atoms with E-state index < -0.39 is 0 Å². The molecule has 2 aromatic rings. The first-order valence-corrected chi connectivity index (χ1v) is 6.54. The van der Waals surface area contributed by atoms with Crippen LogP contribution in [0.1, 0.15) is 13.8 Å². The standard InChI is InChI=1S/C13H16ClN5O/c1-8(2)20-10-5-9(6-15-7-10)11-16-12(14)18-13(17-11)19(3)4/h5-8H,1-4H3. The molecule has 0 spiro atoms. The molecule has 2 heterocycles. The third-order valence-electron chi connectivity index (χ3n) is 2.34. The fourth-order valence-corrected chi connectivity index (χ4v) is 1.70. The molecule has 0 saturated heterocycles. The predicted molar refractivity (Wildman–Crippen MR) is 78.2 cm³/mol. The van der Waals surface area contributed by atoms with Crippen LogP contribution in [0.4, 0.5) is 5.95 Å². The summed E-state index contributed by atoms with van der Waals surface area (Å²) in [6.07, 6.45) is 3.39. The van der Waals surface area contributed by atoms with Crippen LogP contribution in [0, 0.1) is 0 Å². The molecule has 0 aliphatic carbocycles. The first-order chi connectivity index (χ1) is 9.45. The summed E-state index contributed by atoms with van der Waals surface area (Å²) in [5.74, 6) is 1.63. The highest BCUT2D eigenvalue weighted by molar-refractivity contribution is 6.28. The number of rotatable bonds is 4. The average Bonchev–Trinajstić information content (AvgIpc) is 2.37. The van der Waals surface area contributed by atoms with Crippen LogP contribution in [-0.4, -0.2) is 40.1 Å². The number of halogens is 1. The second-order valence-corrected chi connectivity index (χ2v) is 5.04. The molecule has 0 aromatic carbocycles. The molecule has 20 heavy (non-hydrogen) atoms.